The first kappa shape index (κ1) is 17.6. The molecule has 8 nitrogen and oxygen atoms in total. The number of piperidine rings is 1. The van der Waals surface area contributed by atoms with Crippen LogP contribution in [0, 0.1) is 5.92 Å². The van der Waals surface area contributed by atoms with Crippen LogP contribution in [0.3, 0.4) is 0 Å². The summed E-state index contributed by atoms with van der Waals surface area (Å²) in [7, 11) is 0. The molecule has 8 heteroatoms. The number of phenols is 1. The Morgan fingerprint density at radius 1 is 1.21 bits per heavy atom. The van der Waals surface area contributed by atoms with Gasteiger partial charge in [0.15, 0.2) is 0 Å². The van der Waals surface area contributed by atoms with Crippen LogP contribution in [0.25, 0.3) is 0 Å². The van der Waals surface area contributed by atoms with E-state index in [-0.39, 0.29) is 29.2 Å². The predicted octanol–water partition coefficient (Wildman–Crippen LogP) is 1.02. The van der Waals surface area contributed by atoms with Gasteiger partial charge in [-0.3, -0.25) is 20.4 Å². The summed E-state index contributed by atoms with van der Waals surface area (Å²) < 4.78 is 4.92. The van der Waals surface area contributed by atoms with Crippen LogP contribution >= 0.6 is 0 Å². The highest BCUT2D eigenvalue weighted by Crippen LogP contribution is 2.18. The number of likely N-dealkylation sites (tertiary alicyclic amines) is 1. The van der Waals surface area contributed by atoms with Gasteiger partial charge in [0.25, 0.3) is 5.91 Å². The molecule has 1 aliphatic rings. The topological polar surface area (TPSA) is 108 Å². The van der Waals surface area contributed by atoms with E-state index >= 15 is 0 Å². The van der Waals surface area contributed by atoms with Gasteiger partial charge in [0.1, 0.15) is 5.75 Å². The molecular weight excluding hydrogens is 314 g/mol. The van der Waals surface area contributed by atoms with Crippen molar-refractivity contribution in [1.29, 1.82) is 0 Å². The number of nitrogens with zero attached hydrogens (tertiary/aromatic N) is 1. The van der Waals surface area contributed by atoms with E-state index in [1.54, 1.807) is 24.0 Å². The van der Waals surface area contributed by atoms with E-state index in [1.165, 1.54) is 12.1 Å². The summed E-state index contributed by atoms with van der Waals surface area (Å²) in [5, 5.41) is 9.60. The molecule has 130 valence electrons. The number of nitrogens with one attached hydrogen (secondary N) is 2. The fourth-order valence-electron chi connectivity index (χ4n) is 2.49. The second kappa shape index (κ2) is 8.19. The summed E-state index contributed by atoms with van der Waals surface area (Å²) in [6.07, 6.45) is 0.623. The van der Waals surface area contributed by atoms with E-state index in [0.717, 1.165) is 0 Å². The molecule has 0 spiro atoms. The highest BCUT2D eigenvalue weighted by atomic mass is 16.6. The summed E-state index contributed by atoms with van der Waals surface area (Å²) in [5.74, 6) is -1.36. The average molecular weight is 335 g/mol. The molecule has 1 saturated heterocycles. The van der Waals surface area contributed by atoms with Crippen molar-refractivity contribution in [3.05, 3.63) is 29.8 Å². The lowest BCUT2D eigenvalue weighted by Crippen LogP contribution is -2.48. The predicted molar refractivity (Wildman–Crippen MR) is 85.0 cm³/mol. The quantitative estimate of drug-likeness (QED) is 0.715. The van der Waals surface area contributed by atoms with Crippen molar-refractivity contribution in [2.45, 2.75) is 19.8 Å². The lowest BCUT2D eigenvalue weighted by Gasteiger charge is -2.30. The lowest BCUT2D eigenvalue weighted by molar-refractivity contribution is -0.127. The highest BCUT2D eigenvalue weighted by Gasteiger charge is 2.28. The molecule has 0 unspecified atom stereocenters. The van der Waals surface area contributed by atoms with E-state index in [9.17, 15) is 19.5 Å². The Balaban J connectivity index is 1.79. The summed E-state index contributed by atoms with van der Waals surface area (Å²) in [6, 6.07) is 6.06. The van der Waals surface area contributed by atoms with Gasteiger partial charge in [0.05, 0.1) is 12.2 Å². The van der Waals surface area contributed by atoms with E-state index in [4.69, 9.17) is 4.74 Å². The minimum absolute atomic E-state index is 0.0786. The van der Waals surface area contributed by atoms with E-state index in [2.05, 4.69) is 10.9 Å². The van der Waals surface area contributed by atoms with Crippen molar-refractivity contribution in [3.8, 4) is 5.75 Å². The summed E-state index contributed by atoms with van der Waals surface area (Å²) in [5.41, 5.74) is 4.73. The van der Waals surface area contributed by atoms with Crippen molar-refractivity contribution in [1.82, 2.24) is 15.8 Å². The first-order valence-electron chi connectivity index (χ1n) is 7.82. The van der Waals surface area contributed by atoms with Crippen LogP contribution in [0.15, 0.2) is 24.3 Å². The van der Waals surface area contributed by atoms with Crippen LogP contribution < -0.4 is 10.9 Å². The zero-order chi connectivity index (χ0) is 17.5. The van der Waals surface area contributed by atoms with Crippen LogP contribution in [-0.4, -0.2) is 47.6 Å². The Morgan fingerprint density at radius 3 is 2.50 bits per heavy atom. The van der Waals surface area contributed by atoms with Crippen LogP contribution in [0.4, 0.5) is 4.79 Å². The van der Waals surface area contributed by atoms with Gasteiger partial charge in [0.2, 0.25) is 5.91 Å². The van der Waals surface area contributed by atoms with Crippen LogP contribution in [0.1, 0.15) is 30.1 Å². The van der Waals surface area contributed by atoms with Gasteiger partial charge in [-0.1, -0.05) is 12.1 Å². The third-order valence-electron chi connectivity index (χ3n) is 3.84. The van der Waals surface area contributed by atoms with Gasteiger partial charge in [0, 0.05) is 19.0 Å². The minimum atomic E-state index is -0.592. The molecule has 1 aromatic rings. The first-order valence-corrected chi connectivity index (χ1v) is 7.82. The number of rotatable bonds is 3. The Morgan fingerprint density at radius 2 is 1.88 bits per heavy atom. The number of carbonyl (C=O) groups excluding carboxylic acids is 3. The highest BCUT2D eigenvalue weighted by molar-refractivity contribution is 5.97. The van der Waals surface area contributed by atoms with Gasteiger partial charge in [-0.25, -0.2) is 4.79 Å². The van der Waals surface area contributed by atoms with Crippen molar-refractivity contribution in [3.63, 3.8) is 0 Å². The van der Waals surface area contributed by atoms with Crippen molar-refractivity contribution >= 4 is 17.9 Å². The SMILES string of the molecule is CCOC(=O)N1CCC(C(=O)NNC(=O)c2ccccc2O)CC1. The monoisotopic (exact) mass is 335 g/mol. The molecule has 2 rings (SSSR count). The smallest absolute Gasteiger partial charge is 0.409 e. The van der Waals surface area contributed by atoms with Gasteiger partial charge < -0.3 is 14.7 Å². The molecule has 0 saturated carbocycles. The number of amides is 3. The van der Waals surface area contributed by atoms with Crippen molar-refractivity contribution in [2.75, 3.05) is 19.7 Å². The maximum absolute atomic E-state index is 12.1. The zero-order valence-electron chi connectivity index (χ0n) is 13.4. The number of para-hydroxylation sites is 1. The molecule has 0 bridgehead atoms. The summed E-state index contributed by atoms with van der Waals surface area (Å²) in [4.78, 5) is 37.2. The molecule has 3 amide bonds. The fourth-order valence-corrected chi connectivity index (χ4v) is 2.49. The molecule has 0 aromatic heterocycles. The van der Waals surface area contributed by atoms with E-state index in [0.29, 0.717) is 32.5 Å². The van der Waals surface area contributed by atoms with Crippen molar-refractivity contribution < 1.29 is 24.2 Å². The Kier molecular flexibility index (Phi) is 6.00. The third-order valence-corrected chi connectivity index (χ3v) is 3.84. The van der Waals surface area contributed by atoms with Crippen LogP contribution in [-0.2, 0) is 9.53 Å². The molecule has 24 heavy (non-hydrogen) atoms. The average Bonchev–Trinajstić information content (AvgIpc) is 2.60. The Bertz CT molecular complexity index is 611. The standard InChI is InChI=1S/C16H21N3O5/c1-2-24-16(23)19-9-7-11(8-10-19)14(21)17-18-15(22)12-5-3-4-6-13(12)20/h3-6,11,20H,2,7-10H2,1H3,(H,17,21)(H,18,22). The number of carbonyl (C=O) groups is 3. The van der Waals surface area contributed by atoms with Crippen molar-refractivity contribution in [2.24, 2.45) is 5.92 Å². The molecular formula is C16H21N3O5. The molecule has 0 radical (unpaired) electrons. The van der Waals surface area contributed by atoms with Gasteiger partial charge >= 0.3 is 6.09 Å². The largest absolute Gasteiger partial charge is 0.507 e. The zero-order valence-corrected chi connectivity index (χ0v) is 13.4. The third kappa shape index (κ3) is 4.37. The Labute approximate surface area is 139 Å². The Hall–Kier alpha value is -2.77. The fraction of sp³-hybridized carbons (Fsp3) is 0.438. The second-order valence-corrected chi connectivity index (χ2v) is 5.42. The molecule has 3 N–H and O–H groups in total. The molecule has 1 fully saturated rings. The number of hydrazine groups is 1. The van der Waals surface area contributed by atoms with E-state index < -0.39 is 5.91 Å². The van der Waals surface area contributed by atoms with Gasteiger partial charge in [-0.05, 0) is 31.9 Å². The lowest BCUT2D eigenvalue weighted by atomic mass is 9.96. The van der Waals surface area contributed by atoms with Gasteiger partial charge in [-0.15, -0.1) is 0 Å². The number of ether oxygens (including phenoxy) is 1. The summed E-state index contributed by atoms with van der Waals surface area (Å²) in [6.45, 7) is 2.93. The number of benzene rings is 1. The minimum Gasteiger partial charge on any atom is -0.507 e. The first-order chi connectivity index (χ1) is 11.5. The van der Waals surface area contributed by atoms with Crippen LogP contribution in [0.2, 0.25) is 0 Å². The van der Waals surface area contributed by atoms with E-state index in [1.807, 2.05) is 0 Å². The second-order valence-electron chi connectivity index (χ2n) is 5.42. The van der Waals surface area contributed by atoms with Crippen LogP contribution in [0.5, 0.6) is 5.75 Å². The van der Waals surface area contributed by atoms with Gasteiger partial charge in [-0.2, -0.15) is 0 Å². The number of aromatic hydroxyl groups is 1. The number of hydrogen-bond acceptors (Lipinski definition) is 5. The number of hydrogen-bond donors (Lipinski definition) is 3. The molecule has 1 heterocycles. The maximum Gasteiger partial charge on any atom is 0.409 e. The molecule has 0 aliphatic carbocycles. The molecule has 1 aliphatic heterocycles. The summed E-state index contributed by atoms with van der Waals surface area (Å²) >= 11 is 0. The maximum atomic E-state index is 12.1. The normalized spacial score (nSPS) is 14.8. The number of phenolic OH excluding ortho intramolecular Hbond substituents is 1. The molecule has 1 aromatic carbocycles. The molecule has 0 atom stereocenters.